The van der Waals surface area contributed by atoms with Gasteiger partial charge in [0.05, 0.1) is 30.4 Å². The van der Waals surface area contributed by atoms with Crippen molar-refractivity contribution in [1.82, 2.24) is 5.32 Å². The van der Waals surface area contributed by atoms with E-state index in [-0.39, 0.29) is 17.2 Å². The van der Waals surface area contributed by atoms with Crippen LogP contribution in [0.1, 0.15) is 15.9 Å². The van der Waals surface area contributed by atoms with Gasteiger partial charge in [-0.1, -0.05) is 18.2 Å². The zero-order chi connectivity index (χ0) is 19.4. The number of hydrogen-bond acceptors (Lipinski definition) is 6. The zero-order valence-corrected chi connectivity index (χ0v) is 15.4. The lowest BCUT2D eigenvalue weighted by molar-refractivity contribution is -0.115. The van der Waals surface area contributed by atoms with Crippen LogP contribution in [-0.4, -0.2) is 36.4 Å². The first-order chi connectivity index (χ1) is 13.0. The van der Waals surface area contributed by atoms with E-state index >= 15 is 0 Å². The van der Waals surface area contributed by atoms with Gasteiger partial charge in [0.25, 0.3) is 5.91 Å². The predicted octanol–water partition coefficient (Wildman–Crippen LogP) is 3.29. The Morgan fingerprint density at radius 1 is 1.15 bits per heavy atom. The summed E-state index contributed by atoms with van der Waals surface area (Å²) >= 11 is 1.14. The normalized spacial score (nSPS) is 16.4. The van der Waals surface area contributed by atoms with Gasteiger partial charge in [0.2, 0.25) is 0 Å². The first-order valence-corrected chi connectivity index (χ1v) is 8.67. The fourth-order valence-electron chi connectivity index (χ4n) is 2.44. The number of amidine groups is 1. The highest BCUT2D eigenvalue weighted by Crippen LogP contribution is 2.32. The first kappa shape index (κ1) is 18.5. The summed E-state index contributed by atoms with van der Waals surface area (Å²) in [6.45, 7) is 0. The van der Waals surface area contributed by atoms with E-state index in [2.05, 4.69) is 10.3 Å². The molecule has 138 valence electrons. The van der Waals surface area contributed by atoms with Crippen molar-refractivity contribution in [3.8, 4) is 11.5 Å². The van der Waals surface area contributed by atoms with E-state index < -0.39 is 5.97 Å². The maximum Gasteiger partial charge on any atom is 0.337 e. The molecule has 1 aliphatic rings. The van der Waals surface area contributed by atoms with Gasteiger partial charge < -0.3 is 19.9 Å². The van der Waals surface area contributed by atoms with Gasteiger partial charge in [-0.15, -0.1) is 0 Å². The van der Waals surface area contributed by atoms with E-state index in [0.717, 1.165) is 17.3 Å². The molecule has 2 aromatic carbocycles. The minimum atomic E-state index is -1.08. The third-order valence-electron chi connectivity index (χ3n) is 3.71. The Labute approximate surface area is 159 Å². The molecule has 27 heavy (non-hydrogen) atoms. The number of carbonyl (C=O) groups excluding carboxylic acids is 1. The molecule has 3 rings (SSSR count). The van der Waals surface area contributed by atoms with Gasteiger partial charge in [-0.05, 0) is 47.7 Å². The van der Waals surface area contributed by atoms with Crippen LogP contribution >= 0.6 is 11.8 Å². The number of nitrogens with zero attached hydrogens (tertiary/aromatic N) is 1. The largest absolute Gasteiger partial charge is 0.493 e. The Hall–Kier alpha value is -3.26. The molecule has 1 saturated heterocycles. The fourth-order valence-corrected chi connectivity index (χ4v) is 3.27. The number of carboxylic acid groups (broad SMARTS) is 1. The predicted molar refractivity (Wildman–Crippen MR) is 104 cm³/mol. The van der Waals surface area contributed by atoms with Gasteiger partial charge in [0.15, 0.2) is 16.7 Å². The van der Waals surface area contributed by atoms with Crippen LogP contribution < -0.4 is 14.8 Å². The highest BCUT2D eigenvalue weighted by atomic mass is 32.2. The summed E-state index contributed by atoms with van der Waals surface area (Å²) < 4.78 is 10.5. The lowest BCUT2D eigenvalue weighted by atomic mass is 10.2. The van der Waals surface area contributed by atoms with E-state index in [9.17, 15) is 14.7 Å². The number of methoxy groups -OCH3 is 2. The van der Waals surface area contributed by atoms with Crippen LogP contribution in [0.3, 0.4) is 0 Å². The summed E-state index contributed by atoms with van der Waals surface area (Å²) in [7, 11) is 3.09. The van der Waals surface area contributed by atoms with Crippen LogP contribution in [-0.2, 0) is 4.79 Å². The molecule has 0 atom stereocenters. The maximum atomic E-state index is 12.2. The Kier molecular flexibility index (Phi) is 5.46. The summed E-state index contributed by atoms with van der Waals surface area (Å²) in [4.78, 5) is 28.2. The minimum Gasteiger partial charge on any atom is -0.493 e. The van der Waals surface area contributed by atoms with Crippen LogP contribution in [0.25, 0.3) is 6.08 Å². The van der Waals surface area contributed by atoms with Gasteiger partial charge in [-0.25, -0.2) is 9.79 Å². The van der Waals surface area contributed by atoms with Crippen molar-refractivity contribution in [2.24, 2.45) is 4.99 Å². The van der Waals surface area contributed by atoms with E-state index in [1.165, 1.54) is 13.2 Å². The molecule has 2 aromatic rings. The van der Waals surface area contributed by atoms with Crippen molar-refractivity contribution in [1.29, 1.82) is 0 Å². The standard InChI is InChI=1S/C19H16N2O5S/c1-25-14-8-7-11(9-15(14)26-2)10-16-17(22)21-19(27-16)20-13-6-4-3-5-12(13)18(23)24/h3-10H,1-2H3,(H,23,24)(H,20,21,22)/b16-10+. The van der Waals surface area contributed by atoms with E-state index in [4.69, 9.17) is 9.47 Å². The molecule has 7 nitrogen and oxygen atoms in total. The molecule has 0 aliphatic carbocycles. The highest BCUT2D eigenvalue weighted by Gasteiger charge is 2.24. The van der Waals surface area contributed by atoms with Crippen molar-refractivity contribution in [3.05, 3.63) is 58.5 Å². The Morgan fingerprint density at radius 3 is 2.59 bits per heavy atom. The average Bonchev–Trinajstić information content (AvgIpc) is 3.00. The number of carbonyl (C=O) groups is 2. The quantitative estimate of drug-likeness (QED) is 0.768. The lowest BCUT2D eigenvalue weighted by Gasteiger charge is -2.07. The number of nitrogens with one attached hydrogen (secondary N) is 1. The molecule has 0 bridgehead atoms. The van der Waals surface area contributed by atoms with Crippen molar-refractivity contribution in [3.63, 3.8) is 0 Å². The number of ether oxygens (including phenoxy) is 2. The Morgan fingerprint density at radius 2 is 1.89 bits per heavy atom. The number of aromatic carboxylic acids is 1. The molecular formula is C19H16N2O5S. The third-order valence-corrected chi connectivity index (χ3v) is 4.62. The lowest BCUT2D eigenvalue weighted by Crippen LogP contribution is -2.19. The van der Waals surface area contributed by atoms with E-state index in [0.29, 0.717) is 21.6 Å². The Balaban J connectivity index is 1.88. The number of para-hydroxylation sites is 1. The number of carboxylic acids is 1. The molecule has 0 saturated carbocycles. The number of thioether (sulfide) groups is 1. The fraction of sp³-hybridized carbons (Fsp3) is 0.105. The Bertz CT molecular complexity index is 968. The third kappa shape index (κ3) is 4.12. The molecule has 1 heterocycles. The number of aliphatic imine (C=N–C) groups is 1. The second-order valence-electron chi connectivity index (χ2n) is 5.42. The zero-order valence-electron chi connectivity index (χ0n) is 14.6. The van der Waals surface area contributed by atoms with Crippen molar-refractivity contribution in [2.45, 2.75) is 0 Å². The summed E-state index contributed by atoms with van der Waals surface area (Å²) in [6.07, 6.45) is 1.70. The molecule has 2 N–H and O–H groups in total. The van der Waals surface area contributed by atoms with Crippen LogP contribution in [0.4, 0.5) is 5.69 Å². The van der Waals surface area contributed by atoms with E-state index in [1.54, 1.807) is 49.6 Å². The number of benzene rings is 2. The summed E-state index contributed by atoms with van der Waals surface area (Å²) in [5.74, 6) is -0.234. The topological polar surface area (TPSA) is 97.2 Å². The number of rotatable bonds is 5. The molecule has 0 radical (unpaired) electrons. The van der Waals surface area contributed by atoms with Crippen LogP contribution in [0.15, 0.2) is 52.4 Å². The second-order valence-corrected chi connectivity index (χ2v) is 6.45. The van der Waals surface area contributed by atoms with Gasteiger partial charge in [0.1, 0.15) is 0 Å². The summed E-state index contributed by atoms with van der Waals surface area (Å²) in [6, 6.07) is 11.7. The van der Waals surface area contributed by atoms with Gasteiger partial charge in [-0.3, -0.25) is 4.79 Å². The summed E-state index contributed by atoms with van der Waals surface area (Å²) in [5.41, 5.74) is 1.11. The molecule has 1 amide bonds. The SMILES string of the molecule is COc1ccc(/C=C2/SC(=Nc3ccccc3C(=O)O)NC2=O)cc1OC. The summed E-state index contributed by atoms with van der Waals surface area (Å²) in [5, 5.41) is 12.2. The van der Waals surface area contributed by atoms with Crippen LogP contribution in [0.5, 0.6) is 11.5 Å². The minimum absolute atomic E-state index is 0.0668. The van der Waals surface area contributed by atoms with E-state index in [1.807, 2.05) is 0 Å². The monoisotopic (exact) mass is 384 g/mol. The van der Waals surface area contributed by atoms with Crippen LogP contribution in [0, 0.1) is 0 Å². The van der Waals surface area contributed by atoms with Crippen molar-refractivity contribution >= 4 is 40.6 Å². The average molecular weight is 384 g/mol. The number of amides is 1. The molecular weight excluding hydrogens is 368 g/mol. The van der Waals surface area contributed by atoms with Gasteiger partial charge >= 0.3 is 5.97 Å². The van der Waals surface area contributed by atoms with Gasteiger partial charge in [-0.2, -0.15) is 0 Å². The molecule has 0 aromatic heterocycles. The molecule has 1 aliphatic heterocycles. The number of hydrogen-bond donors (Lipinski definition) is 2. The van der Waals surface area contributed by atoms with Gasteiger partial charge in [0, 0.05) is 0 Å². The van der Waals surface area contributed by atoms with Crippen molar-refractivity contribution < 1.29 is 24.2 Å². The molecule has 8 heteroatoms. The molecule has 0 spiro atoms. The smallest absolute Gasteiger partial charge is 0.337 e. The highest BCUT2D eigenvalue weighted by molar-refractivity contribution is 8.18. The van der Waals surface area contributed by atoms with Crippen molar-refractivity contribution in [2.75, 3.05) is 14.2 Å². The van der Waals surface area contributed by atoms with Crippen LogP contribution in [0.2, 0.25) is 0 Å². The molecule has 0 unspecified atom stereocenters. The second kappa shape index (κ2) is 7.96. The first-order valence-electron chi connectivity index (χ1n) is 7.85. The molecule has 1 fully saturated rings. The maximum absolute atomic E-state index is 12.2.